The summed E-state index contributed by atoms with van der Waals surface area (Å²) in [6.45, 7) is 3.53. The minimum atomic E-state index is -0.814. The largest absolute Gasteiger partial charge is 0.496 e. The molecule has 3 aliphatic rings. The topological polar surface area (TPSA) is 80.5 Å². The zero-order valence-electron chi connectivity index (χ0n) is 16.0. The van der Waals surface area contributed by atoms with Gasteiger partial charge in [0.05, 0.1) is 18.6 Å². The zero-order valence-corrected chi connectivity index (χ0v) is 17.6. The maximum atomic E-state index is 12.7. The van der Waals surface area contributed by atoms with E-state index in [1.807, 2.05) is 24.5 Å². The van der Waals surface area contributed by atoms with Crippen LogP contribution in [0.2, 0.25) is 0 Å². The molecule has 1 aliphatic carbocycles. The van der Waals surface area contributed by atoms with E-state index in [-0.39, 0.29) is 30.4 Å². The van der Waals surface area contributed by atoms with Crippen LogP contribution in [0.15, 0.2) is 49.3 Å². The van der Waals surface area contributed by atoms with Crippen LogP contribution < -0.4 is 4.74 Å². The van der Waals surface area contributed by atoms with Crippen molar-refractivity contribution < 1.29 is 14.3 Å². The number of carbonyl (C=O) groups excluding carboxylic acids is 2. The standard InChI is InChI=1S/C20H19N3O3S.ClH/c1-20(2)18(25)12-8-14(24)17-16(13(12)9-21-20)22-19(23-17)11-6-5-10(27-4)7-15(11)26-3;/h5-7,9,12H,8H2,1-4H3;1H. The van der Waals surface area contributed by atoms with Crippen LogP contribution in [-0.2, 0) is 9.59 Å². The lowest BCUT2D eigenvalue weighted by molar-refractivity contribution is -0.128. The molecular weight excluding hydrogens is 398 g/mol. The normalized spacial score (nSPS) is 22.2. The van der Waals surface area contributed by atoms with E-state index in [2.05, 4.69) is 15.0 Å². The van der Waals surface area contributed by atoms with E-state index in [4.69, 9.17) is 4.74 Å². The molecule has 6 nitrogen and oxygen atoms in total. The molecule has 0 aromatic heterocycles. The van der Waals surface area contributed by atoms with E-state index in [0.29, 0.717) is 34.1 Å². The van der Waals surface area contributed by atoms with Crippen molar-refractivity contribution in [3.63, 3.8) is 0 Å². The molecule has 1 unspecified atom stereocenters. The van der Waals surface area contributed by atoms with Gasteiger partial charge in [0.2, 0.25) is 0 Å². The van der Waals surface area contributed by atoms with Crippen molar-refractivity contribution in [2.24, 2.45) is 20.9 Å². The van der Waals surface area contributed by atoms with Crippen molar-refractivity contribution in [1.82, 2.24) is 0 Å². The second-order valence-corrected chi connectivity index (χ2v) is 8.01. The van der Waals surface area contributed by atoms with Crippen LogP contribution in [0.5, 0.6) is 5.75 Å². The fraction of sp³-hybridized carbons (Fsp3) is 0.350. The van der Waals surface area contributed by atoms with Crippen LogP contribution >= 0.6 is 24.2 Å². The van der Waals surface area contributed by atoms with Gasteiger partial charge in [-0.05, 0) is 38.3 Å². The monoisotopic (exact) mass is 417 g/mol. The Morgan fingerprint density at radius 3 is 2.64 bits per heavy atom. The van der Waals surface area contributed by atoms with Crippen molar-refractivity contribution in [3.8, 4) is 5.75 Å². The second-order valence-electron chi connectivity index (χ2n) is 7.13. The Kier molecular flexibility index (Phi) is 5.34. The predicted octanol–water partition coefficient (Wildman–Crippen LogP) is 3.32. The quantitative estimate of drug-likeness (QED) is 0.706. The lowest BCUT2D eigenvalue weighted by Crippen LogP contribution is -2.44. The Hall–Kier alpha value is -2.25. The third kappa shape index (κ3) is 3.12. The maximum Gasteiger partial charge on any atom is 0.184 e. The summed E-state index contributed by atoms with van der Waals surface area (Å²) in [5.74, 6) is 0.370. The summed E-state index contributed by atoms with van der Waals surface area (Å²) in [5, 5.41) is 0. The van der Waals surface area contributed by atoms with Gasteiger partial charge >= 0.3 is 0 Å². The first-order valence-electron chi connectivity index (χ1n) is 8.63. The Morgan fingerprint density at radius 1 is 1.21 bits per heavy atom. The number of nitrogens with zero attached hydrogens (tertiary/aromatic N) is 3. The van der Waals surface area contributed by atoms with Crippen molar-refractivity contribution in [2.45, 2.75) is 30.7 Å². The van der Waals surface area contributed by atoms with Crippen molar-refractivity contribution in [2.75, 3.05) is 13.4 Å². The number of carbonyl (C=O) groups is 2. The Labute approximate surface area is 173 Å². The van der Waals surface area contributed by atoms with Gasteiger partial charge in [0.25, 0.3) is 0 Å². The Bertz CT molecular complexity index is 1010. The van der Waals surface area contributed by atoms with Crippen LogP contribution in [-0.4, -0.2) is 48.2 Å². The molecule has 0 saturated heterocycles. The van der Waals surface area contributed by atoms with Gasteiger partial charge in [-0.2, -0.15) is 0 Å². The number of Topliss-reactive ketones (excluding diaryl/α,β-unsaturated/α-hetero) is 2. The summed E-state index contributed by atoms with van der Waals surface area (Å²) in [6.07, 6.45) is 3.80. The fourth-order valence-corrected chi connectivity index (χ4v) is 3.93. The number of thioether (sulfide) groups is 1. The van der Waals surface area contributed by atoms with Crippen LogP contribution in [0.1, 0.15) is 25.8 Å². The first-order chi connectivity index (χ1) is 12.9. The highest BCUT2D eigenvalue weighted by Crippen LogP contribution is 2.37. The number of benzene rings is 1. The summed E-state index contributed by atoms with van der Waals surface area (Å²) in [4.78, 5) is 39.9. The van der Waals surface area contributed by atoms with Gasteiger partial charge in [-0.3, -0.25) is 14.6 Å². The van der Waals surface area contributed by atoms with Crippen molar-refractivity contribution in [3.05, 3.63) is 35.0 Å². The molecule has 0 radical (unpaired) electrons. The summed E-state index contributed by atoms with van der Waals surface area (Å²) < 4.78 is 5.49. The number of ether oxygens (including phenoxy) is 1. The van der Waals surface area contributed by atoms with Crippen molar-refractivity contribution >= 4 is 53.5 Å². The number of methoxy groups -OCH3 is 1. The Morgan fingerprint density at radius 2 is 1.96 bits per heavy atom. The highest BCUT2D eigenvalue weighted by atomic mass is 35.5. The molecule has 1 aromatic rings. The molecule has 0 N–H and O–H groups in total. The SMILES string of the molecule is COc1cc(SC)ccc1C1=NC2=C3C=NC(C)(C)C(=O)C3CC(=O)C2=N1.Cl. The van der Waals surface area contributed by atoms with E-state index in [1.54, 1.807) is 38.9 Å². The summed E-state index contributed by atoms with van der Waals surface area (Å²) in [5.41, 5.74) is 1.37. The van der Waals surface area contributed by atoms with Gasteiger partial charge in [-0.15, -0.1) is 24.2 Å². The van der Waals surface area contributed by atoms with Gasteiger partial charge in [-0.25, -0.2) is 9.98 Å². The highest BCUT2D eigenvalue weighted by Gasteiger charge is 2.45. The number of amidine groups is 1. The number of rotatable bonds is 3. The first-order valence-corrected chi connectivity index (χ1v) is 9.85. The minimum absolute atomic E-state index is 0. The van der Waals surface area contributed by atoms with Gasteiger partial charge in [0.1, 0.15) is 22.7 Å². The first kappa shape index (κ1) is 20.5. The molecule has 2 heterocycles. The second kappa shape index (κ2) is 7.29. The van der Waals surface area contributed by atoms with Crippen LogP contribution in [0.3, 0.4) is 0 Å². The van der Waals surface area contributed by atoms with E-state index < -0.39 is 11.5 Å². The zero-order chi connectivity index (χ0) is 19.3. The average Bonchev–Trinajstić information content (AvgIpc) is 3.10. The fourth-order valence-electron chi connectivity index (χ4n) is 3.51. The molecule has 0 spiro atoms. The smallest absolute Gasteiger partial charge is 0.184 e. The van der Waals surface area contributed by atoms with E-state index >= 15 is 0 Å². The molecule has 0 bridgehead atoms. The molecule has 1 atom stereocenters. The maximum absolute atomic E-state index is 12.7. The molecule has 4 rings (SSSR count). The minimum Gasteiger partial charge on any atom is -0.496 e. The molecule has 0 saturated carbocycles. The molecule has 1 aromatic carbocycles. The third-order valence-electron chi connectivity index (χ3n) is 5.06. The predicted molar refractivity (Wildman–Crippen MR) is 114 cm³/mol. The molecule has 28 heavy (non-hydrogen) atoms. The number of hydrogen-bond donors (Lipinski definition) is 0. The molecule has 8 heteroatoms. The van der Waals surface area contributed by atoms with Crippen LogP contribution in [0.25, 0.3) is 0 Å². The van der Waals surface area contributed by atoms with E-state index in [0.717, 1.165) is 4.90 Å². The summed E-state index contributed by atoms with van der Waals surface area (Å²) in [6, 6.07) is 5.77. The number of hydrogen-bond acceptors (Lipinski definition) is 7. The molecular formula is C20H20ClN3O3S. The molecule has 2 aliphatic heterocycles. The third-order valence-corrected chi connectivity index (χ3v) is 5.78. The lowest BCUT2D eigenvalue weighted by atomic mass is 9.74. The van der Waals surface area contributed by atoms with Crippen molar-refractivity contribution in [1.29, 1.82) is 0 Å². The average molecular weight is 418 g/mol. The van der Waals surface area contributed by atoms with Gasteiger partial charge in [0, 0.05) is 23.1 Å². The number of fused-ring (bicyclic) bond motifs is 2. The van der Waals surface area contributed by atoms with E-state index in [1.165, 1.54) is 0 Å². The van der Waals surface area contributed by atoms with Gasteiger partial charge in [-0.1, -0.05) is 0 Å². The van der Waals surface area contributed by atoms with Gasteiger partial charge in [0.15, 0.2) is 17.4 Å². The molecule has 0 fully saturated rings. The summed E-state index contributed by atoms with van der Waals surface area (Å²) >= 11 is 1.61. The highest BCUT2D eigenvalue weighted by molar-refractivity contribution is 7.98. The lowest BCUT2D eigenvalue weighted by Gasteiger charge is -2.32. The van der Waals surface area contributed by atoms with Crippen LogP contribution in [0.4, 0.5) is 0 Å². The Balaban J connectivity index is 0.00000225. The van der Waals surface area contributed by atoms with Crippen LogP contribution in [0, 0.1) is 5.92 Å². The number of ketones is 2. The molecule has 146 valence electrons. The number of aliphatic imine (C=N–C) groups is 3. The number of halogens is 1. The van der Waals surface area contributed by atoms with E-state index in [9.17, 15) is 9.59 Å². The summed E-state index contributed by atoms with van der Waals surface area (Å²) in [7, 11) is 1.59. The van der Waals surface area contributed by atoms with Gasteiger partial charge < -0.3 is 4.74 Å². The number of allylic oxidation sites excluding steroid dienone is 2. The molecule has 0 amide bonds.